The summed E-state index contributed by atoms with van der Waals surface area (Å²) in [7, 11) is 2.06. The smallest absolute Gasteiger partial charge is 0.223 e. The fourth-order valence-corrected chi connectivity index (χ4v) is 1.79. The van der Waals surface area contributed by atoms with Crippen molar-refractivity contribution in [3.63, 3.8) is 0 Å². The first-order valence-corrected chi connectivity index (χ1v) is 6.24. The maximum atomic E-state index is 11.5. The number of hydrogen-bond acceptors (Lipinski definition) is 2. The molecule has 0 unspecified atom stereocenters. The van der Waals surface area contributed by atoms with Crippen LogP contribution in [0.25, 0.3) is 0 Å². The van der Waals surface area contributed by atoms with Crippen LogP contribution < -0.4 is 10.2 Å². The summed E-state index contributed by atoms with van der Waals surface area (Å²) >= 11 is 0. The molecule has 1 saturated carbocycles. The molecule has 0 bridgehead atoms. The Morgan fingerprint density at radius 3 is 2.65 bits per heavy atom. The van der Waals surface area contributed by atoms with E-state index in [2.05, 4.69) is 36.3 Å². The van der Waals surface area contributed by atoms with Crippen LogP contribution in [0.1, 0.15) is 19.8 Å². The third-order valence-corrected chi connectivity index (χ3v) is 3.34. The van der Waals surface area contributed by atoms with E-state index in [1.54, 1.807) is 0 Å². The zero-order valence-corrected chi connectivity index (χ0v) is 10.5. The average Bonchev–Trinajstić information content (AvgIpc) is 3.20. The third-order valence-electron chi connectivity index (χ3n) is 3.34. The number of nitrogens with one attached hydrogen (secondary N) is 1. The molecule has 92 valence electrons. The summed E-state index contributed by atoms with van der Waals surface area (Å²) in [6.07, 6.45) is 2.13. The van der Waals surface area contributed by atoms with Gasteiger partial charge in [-0.25, -0.2) is 0 Å². The van der Waals surface area contributed by atoms with Crippen LogP contribution >= 0.6 is 0 Å². The standard InChI is InChI=1S/C14H20N2O/c1-11(10-15-14(17)12-8-9-12)16(2)13-6-4-3-5-7-13/h3-7,11-12H,8-10H2,1-2H3,(H,15,17)/t11-/m0/s1. The van der Waals surface area contributed by atoms with Crippen LogP contribution in [0.4, 0.5) is 5.69 Å². The van der Waals surface area contributed by atoms with E-state index >= 15 is 0 Å². The van der Waals surface area contributed by atoms with Crippen molar-refractivity contribution in [2.24, 2.45) is 5.92 Å². The highest BCUT2D eigenvalue weighted by Crippen LogP contribution is 2.28. The SMILES string of the molecule is C[C@@H](CNC(=O)C1CC1)N(C)c1ccccc1. The number of carbonyl (C=O) groups is 1. The van der Waals surface area contributed by atoms with E-state index in [1.807, 2.05) is 18.2 Å². The number of carbonyl (C=O) groups excluding carboxylic acids is 1. The molecule has 0 aromatic heterocycles. The highest BCUT2D eigenvalue weighted by molar-refractivity contribution is 5.80. The summed E-state index contributed by atoms with van der Waals surface area (Å²) in [6.45, 7) is 2.83. The van der Waals surface area contributed by atoms with Crippen LogP contribution in [0.2, 0.25) is 0 Å². The molecule has 1 aliphatic carbocycles. The van der Waals surface area contributed by atoms with E-state index in [0.717, 1.165) is 12.8 Å². The number of anilines is 1. The number of para-hydroxylation sites is 1. The van der Waals surface area contributed by atoms with Gasteiger partial charge in [0.2, 0.25) is 5.91 Å². The van der Waals surface area contributed by atoms with Gasteiger partial charge in [0.1, 0.15) is 0 Å². The molecule has 2 rings (SSSR count). The van der Waals surface area contributed by atoms with Gasteiger partial charge in [-0.15, -0.1) is 0 Å². The molecule has 1 aromatic rings. The van der Waals surface area contributed by atoms with Gasteiger partial charge in [-0.2, -0.15) is 0 Å². The van der Waals surface area contributed by atoms with Crippen molar-refractivity contribution in [3.05, 3.63) is 30.3 Å². The van der Waals surface area contributed by atoms with Gasteiger partial charge in [0.25, 0.3) is 0 Å². The topological polar surface area (TPSA) is 32.3 Å². The number of hydrogen-bond donors (Lipinski definition) is 1. The lowest BCUT2D eigenvalue weighted by Crippen LogP contribution is -2.40. The van der Waals surface area contributed by atoms with Crippen molar-refractivity contribution in [3.8, 4) is 0 Å². The summed E-state index contributed by atoms with van der Waals surface area (Å²) in [4.78, 5) is 13.7. The predicted molar refractivity (Wildman–Crippen MR) is 70.0 cm³/mol. The number of amides is 1. The molecular weight excluding hydrogens is 212 g/mol. The summed E-state index contributed by atoms with van der Waals surface area (Å²) in [6, 6.07) is 10.5. The lowest BCUT2D eigenvalue weighted by atomic mass is 10.2. The molecular formula is C14H20N2O. The monoisotopic (exact) mass is 232 g/mol. The van der Waals surface area contributed by atoms with Crippen molar-refractivity contribution in [1.29, 1.82) is 0 Å². The van der Waals surface area contributed by atoms with Crippen molar-refractivity contribution < 1.29 is 4.79 Å². The minimum absolute atomic E-state index is 0.221. The van der Waals surface area contributed by atoms with Gasteiger partial charge in [0.05, 0.1) is 0 Å². The highest BCUT2D eigenvalue weighted by atomic mass is 16.2. The zero-order valence-electron chi connectivity index (χ0n) is 10.5. The van der Waals surface area contributed by atoms with Crippen LogP contribution in [0.15, 0.2) is 30.3 Å². The Morgan fingerprint density at radius 2 is 2.06 bits per heavy atom. The Hall–Kier alpha value is -1.51. The van der Waals surface area contributed by atoms with Crippen LogP contribution in [-0.2, 0) is 4.79 Å². The molecule has 3 heteroatoms. The summed E-state index contributed by atoms with van der Waals surface area (Å²) in [5.74, 6) is 0.516. The molecule has 1 aromatic carbocycles. The molecule has 1 atom stereocenters. The molecule has 0 saturated heterocycles. The Balaban J connectivity index is 1.82. The molecule has 0 spiro atoms. The van der Waals surface area contributed by atoms with Crippen molar-refractivity contribution in [2.75, 3.05) is 18.5 Å². The van der Waals surface area contributed by atoms with E-state index in [9.17, 15) is 4.79 Å². The average molecular weight is 232 g/mol. The van der Waals surface area contributed by atoms with Crippen molar-refractivity contribution in [1.82, 2.24) is 5.32 Å². The maximum Gasteiger partial charge on any atom is 0.223 e. The minimum Gasteiger partial charge on any atom is -0.370 e. The molecule has 1 amide bonds. The fraction of sp³-hybridized carbons (Fsp3) is 0.500. The molecule has 0 aliphatic heterocycles. The van der Waals surface area contributed by atoms with Gasteiger partial charge >= 0.3 is 0 Å². The van der Waals surface area contributed by atoms with E-state index in [4.69, 9.17) is 0 Å². The van der Waals surface area contributed by atoms with E-state index in [1.165, 1.54) is 5.69 Å². The van der Waals surface area contributed by atoms with Gasteiger partial charge in [-0.1, -0.05) is 18.2 Å². The van der Waals surface area contributed by atoms with Gasteiger partial charge in [0, 0.05) is 31.2 Å². The van der Waals surface area contributed by atoms with Gasteiger partial charge in [-0.05, 0) is 31.9 Å². The Bertz CT molecular complexity index is 373. The lowest BCUT2D eigenvalue weighted by molar-refractivity contribution is -0.122. The van der Waals surface area contributed by atoms with Crippen LogP contribution in [0.3, 0.4) is 0 Å². The third kappa shape index (κ3) is 3.22. The molecule has 3 nitrogen and oxygen atoms in total. The predicted octanol–water partition coefficient (Wildman–Crippen LogP) is 2.04. The molecule has 17 heavy (non-hydrogen) atoms. The quantitative estimate of drug-likeness (QED) is 0.842. The van der Waals surface area contributed by atoms with Crippen molar-refractivity contribution >= 4 is 11.6 Å². The maximum absolute atomic E-state index is 11.5. The highest BCUT2D eigenvalue weighted by Gasteiger charge is 2.29. The number of nitrogens with zero attached hydrogens (tertiary/aromatic N) is 1. The molecule has 0 radical (unpaired) electrons. The molecule has 1 fully saturated rings. The second-order valence-corrected chi connectivity index (χ2v) is 4.81. The van der Waals surface area contributed by atoms with Crippen molar-refractivity contribution in [2.45, 2.75) is 25.8 Å². The zero-order chi connectivity index (χ0) is 12.3. The number of rotatable bonds is 5. The second-order valence-electron chi connectivity index (χ2n) is 4.81. The van der Waals surface area contributed by atoms with Crippen LogP contribution in [-0.4, -0.2) is 25.5 Å². The first kappa shape index (κ1) is 12.0. The van der Waals surface area contributed by atoms with E-state index in [0.29, 0.717) is 18.5 Å². The second kappa shape index (κ2) is 5.21. The van der Waals surface area contributed by atoms with Crippen LogP contribution in [0, 0.1) is 5.92 Å². The molecule has 1 N–H and O–H groups in total. The lowest BCUT2D eigenvalue weighted by Gasteiger charge is -2.27. The van der Waals surface area contributed by atoms with Crippen LogP contribution in [0.5, 0.6) is 0 Å². The Morgan fingerprint density at radius 1 is 1.41 bits per heavy atom. The van der Waals surface area contributed by atoms with Gasteiger partial charge in [-0.3, -0.25) is 4.79 Å². The fourth-order valence-electron chi connectivity index (χ4n) is 1.79. The number of likely N-dealkylation sites (N-methyl/N-ethyl adjacent to an activating group) is 1. The number of benzene rings is 1. The Labute approximate surface area is 103 Å². The van der Waals surface area contributed by atoms with Gasteiger partial charge < -0.3 is 10.2 Å². The normalized spacial score (nSPS) is 16.4. The van der Waals surface area contributed by atoms with E-state index < -0.39 is 0 Å². The Kier molecular flexibility index (Phi) is 3.67. The minimum atomic E-state index is 0.221. The first-order chi connectivity index (χ1) is 8.18. The summed E-state index contributed by atoms with van der Waals surface area (Å²) in [5, 5.41) is 3.01. The van der Waals surface area contributed by atoms with E-state index in [-0.39, 0.29) is 5.91 Å². The molecule has 1 aliphatic rings. The largest absolute Gasteiger partial charge is 0.370 e. The summed E-state index contributed by atoms with van der Waals surface area (Å²) < 4.78 is 0. The van der Waals surface area contributed by atoms with Gasteiger partial charge in [0.15, 0.2) is 0 Å². The summed E-state index contributed by atoms with van der Waals surface area (Å²) in [5.41, 5.74) is 1.18. The first-order valence-electron chi connectivity index (χ1n) is 6.24. The molecule has 0 heterocycles.